The summed E-state index contributed by atoms with van der Waals surface area (Å²) in [5, 5.41) is 12.3. The van der Waals surface area contributed by atoms with Crippen LogP contribution >= 0.6 is 0 Å². The van der Waals surface area contributed by atoms with Crippen LogP contribution in [0, 0.1) is 18.3 Å². The lowest BCUT2D eigenvalue weighted by Gasteiger charge is -2.29. The second kappa shape index (κ2) is 5.84. The largest absolute Gasteiger partial charge is 0.381 e. The minimum absolute atomic E-state index is 0.123. The summed E-state index contributed by atoms with van der Waals surface area (Å²) in [6.07, 6.45) is 4.54. The van der Waals surface area contributed by atoms with E-state index in [4.69, 9.17) is 0 Å². The molecule has 0 radical (unpaired) electrons. The quantitative estimate of drug-likeness (QED) is 0.929. The summed E-state index contributed by atoms with van der Waals surface area (Å²) in [6, 6.07) is 8.04. The molecule has 4 nitrogen and oxygen atoms in total. The van der Waals surface area contributed by atoms with E-state index >= 15 is 0 Å². The fourth-order valence-electron chi connectivity index (χ4n) is 2.82. The first-order chi connectivity index (χ1) is 9.41. The van der Waals surface area contributed by atoms with Crippen molar-refractivity contribution >= 4 is 15.5 Å². The number of nitrogens with one attached hydrogen (secondary N) is 1. The number of nitrogens with zero attached hydrogens (tertiary/aromatic N) is 1. The minimum atomic E-state index is -2.98. The third-order valence-electron chi connectivity index (χ3n) is 3.98. The van der Waals surface area contributed by atoms with Gasteiger partial charge in [-0.2, -0.15) is 5.26 Å². The number of hydrogen-bond acceptors (Lipinski definition) is 4. The van der Waals surface area contributed by atoms with E-state index in [0.717, 1.165) is 30.5 Å². The first-order valence-electron chi connectivity index (χ1n) is 6.87. The molecule has 108 valence electrons. The van der Waals surface area contributed by atoms with Crippen LogP contribution in [0.4, 0.5) is 5.69 Å². The molecule has 5 heteroatoms. The standard InChI is InChI=1S/C15H20N2O2S/c1-11-5-3-8-15(14(11)10-16)17-12-6-4-7-13(9-12)20(2,18)19/h3,5,8,12-13,17H,4,6-7,9H2,1-2H3. The Morgan fingerprint density at radius 2 is 2.10 bits per heavy atom. The van der Waals surface area contributed by atoms with Gasteiger partial charge < -0.3 is 5.32 Å². The van der Waals surface area contributed by atoms with Crippen LogP contribution in [0.1, 0.15) is 36.8 Å². The van der Waals surface area contributed by atoms with Crippen molar-refractivity contribution in [2.45, 2.75) is 43.9 Å². The van der Waals surface area contributed by atoms with E-state index in [0.29, 0.717) is 12.0 Å². The summed E-state index contributed by atoms with van der Waals surface area (Å²) in [5.74, 6) is 0. The number of hydrogen-bond donors (Lipinski definition) is 1. The molecule has 0 spiro atoms. The summed E-state index contributed by atoms with van der Waals surface area (Å²) >= 11 is 0. The number of sulfone groups is 1. The number of rotatable bonds is 3. The highest BCUT2D eigenvalue weighted by Crippen LogP contribution is 2.28. The van der Waals surface area contributed by atoms with Gasteiger partial charge in [0, 0.05) is 12.3 Å². The average Bonchev–Trinajstić information content (AvgIpc) is 2.38. The molecular formula is C15H20N2O2S. The third-order valence-corrected chi connectivity index (χ3v) is 5.61. The highest BCUT2D eigenvalue weighted by Gasteiger charge is 2.29. The smallest absolute Gasteiger partial charge is 0.150 e. The zero-order chi connectivity index (χ0) is 14.8. The Balaban J connectivity index is 2.15. The highest BCUT2D eigenvalue weighted by molar-refractivity contribution is 7.91. The highest BCUT2D eigenvalue weighted by atomic mass is 32.2. The molecule has 1 fully saturated rings. The van der Waals surface area contributed by atoms with E-state index < -0.39 is 9.84 Å². The molecule has 1 saturated carbocycles. The fraction of sp³-hybridized carbons (Fsp3) is 0.533. The van der Waals surface area contributed by atoms with Gasteiger partial charge in [-0.15, -0.1) is 0 Å². The lowest BCUT2D eigenvalue weighted by molar-refractivity contribution is 0.453. The van der Waals surface area contributed by atoms with E-state index in [1.165, 1.54) is 6.26 Å². The van der Waals surface area contributed by atoms with Crippen molar-refractivity contribution in [3.8, 4) is 6.07 Å². The second-order valence-corrected chi connectivity index (χ2v) is 7.89. The molecule has 0 bridgehead atoms. The summed E-state index contributed by atoms with van der Waals surface area (Å²) in [4.78, 5) is 0. The molecule has 20 heavy (non-hydrogen) atoms. The second-order valence-electron chi connectivity index (χ2n) is 5.57. The van der Waals surface area contributed by atoms with Crippen molar-refractivity contribution in [2.24, 2.45) is 0 Å². The van der Waals surface area contributed by atoms with Crippen LogP contribution in [0.25, 0.3) is 0 Å². The van der Waals surface area contributed by atoms with Gasteiger partial charge in [0.25, 0.3) is 0 Å². The van der Waals surface area contributed by atoms with Gasteiger partial charge in [0.1, 0.15) is 15.9 Å². The number of aryl methyl sites for hydroxylation is 1. The molecule has 0 saturated heterocycles. The molecule has 1 N–H and O–H groups in total. The molecule has 2 rings (SSSR count). The minimum Gasteiger partial charge on any atom is -0.381 e. The van der Waals surface area contributed by atoms with Crippen LogP contribution in [-0.2, 0) is 9.84 Å². The van der Waals surface area contributed by atoms with Gasteiger partial charge in [-0.3, -0.25) is 0 Å². The Bertz CT molecular complexity index is 632. The maximum absolute atomic E-state index is 11.7. The average molecular weight is 292 g/mol. The molecule has 2 unspecified atom stereocenters. The van der Waals surface area contributed by atoms with Gasteiger partial charge in [0.15, 0.2) is 0 Å². The lowest BCUT2D eigenvalue weighted by Crippen LogP contribution is -2.34. The van der Waals surface area contributed by atoms with Crippen LogP contribution in [0.2, 0.25) is 0 Å². The van der Waals surface area contributed by atoms with Gasteiger partial charge in [-0.25, -0.2) is 8.42 Å². The predicted octanol–water partition coefficient (Wildman–Crippen LogP) is 2.63. The van der Waals surface area contributed by atoms with E-state index in [9.17, 15) is 13.7 Å². The summed E-state index contributed by atoms with van der Waals surface area (Å²) < 4.78 is 23.4. The first-order valence-corrected chi connectivity index (χ1v) is 8.82. The molecule has 1 aromatic carbocycles. The normalized spacial score (nSPS) is 23.1. The first kappa shape index (κ1) is 14.9. The molecule has 1 aromatic rings. The number of benzene rings is 1. The zero-order valence-electron chi connectivity index (χ0n) is 11.9. The van der Waals surface area contributed by atoms with Crippen molar-refractivity contribution in [1.82, 2.24) is 0 Å². The van der Waals surface area contributed by atoms with Crippen LogP contribution in [0.15, 0.2) is 18.2 Å². The van der Waals surface area contributed by atoms with E-state index in [1.54, 1.807) is 0 Å². The van der Waals surface area contributed by atoms with Crippen molar-refractivity contribution in [1.29, 1.82) is 5.26 Å². The van der Waals surface area contributed by atoms with Crippen molar-refractivity contribution in [3.63, 3.8) is 0 Å². The van der Waals surface area contributed by atoms with Crippen molar-refractivity contribution in [2.75, 3.05) is 11.6 Å². The van der Waals surface area contributed by atoms with E-state index in [2.05, 4.69) is 11.4 Å². The zero-order valence-corrected chi connectivity index (χ0v) is 12.7. The molecule has 0 aliphatic heterocycles. The SMILES string of the molecule is Cc1cccc(NC2CCCC(S(C)(=O)=O)C2)c1C#N. The number of anilines is 1. The van der Waals surface area contributed by atoms with Gasteiger partial charge in [-0.05, 0) is 37.8 Å². The molecular weight excluding hydrogens is 272 g/mol. The van der Waals surface area contributed by atoms with Crippen LogP contribution in [0.5, 0.6) is 0 Å². The van der Waals surface area contributed by atoms with Crippen molar-refractivity contribution < 1.29 is 8.42 Å². The van der Waals surface area contributed by atoms with Crippen LogP contribution in [0.3, 0.4) is 0 Å². The summed E-state index contributed by atoms with van der Waals surface area (Å²) in [5.41, 5.74) is 2.40. The third kappa shape index (κ3) is 3.31. The molecule has 1 aliphatic carbocycles. The Kier molecular flexibility index (Phi) is 4.34. The Labute approximate surface area is 120 Å². The van der Waals surface area contributed by atoms with Crippen molar-refractivity contribution in [3.05, 3.63) is 29.3 Å². The van der Waals surface area contributed by atoms with Gasteiger partial charge in [0.2, 0.25) is 0 Å². The van der Waals surface area contributed by atoms with Gasteiger partial charge in [0.05, 0.1) is 16.5 Å². The summed E-state index contributed by atoms with van der Waals surface area (Å²) in [7, 11) is -2.98. The van der Waals surface area contributed by atoms with E-state index in [1.807, 2.05) is 25.1 Å². The lowest BCUT2D eigenvalue weighted by atomic mass is 9.94. The monoisotopic (exact) mass is 292 g/mol. The summed E-state index contributed by atoms with van der Waals surface area (Å²) in [6.45, 7) is 1.91. The molecule has 0 amide bonds. The van der Waals surface area contributed by atoms with Crippen LogP contribution in [-0.4, -0.2) is 26.0 Å². The number of nitriles is 1. The van der Waals surface area contributed by atoms with Gasteiger partial charge in [-0.1, -0.05) is 18.6 Å². The fourth-order valence-corrected chi connectivity index (χ4v) is 4.00. The molecule has 2 atom stereocenters. The topological polar surface area (TPSA) is 70.0 Å². The molecule has 0 heterocycles. The maximum Gasteiger partial charge on any atom is 0.150 e. The van der Waals surface area contributed by atoms with Gasteiger partial charge >= 0.3 is 0 Å². The Morgan fingerprint density at radius 1 is 1.35 bits per heavy atom. The van der Waals surface area contributed by atoms with Crippen LogP contribution < -0.4 is 5.32 Å². The predicted molar refractivity (Wildman–Crippen MR) is 80.4 cm³/mol. The maximum atomic E-state index is 11.7. The Hall–Kier alpha value is -1.54. The Morgan fingerprint density at radius 3 is 2.75 bits per heavy atom. The molecule has 1 aliphatic rings. The van der Waals surface area contributed by atoms with E-state index in [-0.39, 0.29) is 11.3 Å². The molecule has 0 aromatic heterocycles.